The molecule has 0 saturated carbocycles. The maximum Gasteiger partial charge on any atom is 0.226 e. The number of hydrogen-bond donors (Lipinski definition) is 1. The summed E-state index contributed by atoms with van der Waals surface area (Å²) >= 11 is 6.03. The van der Waals surface area contributed by atoms with Crippen LogP contribution in [0.4, 0.5) is 5.95 Å². The second-order valence-electron chi connectivity index (χ2n) is 7.30. The SMILES string of the molecule is COc1ccc(C2C3=C(CC(c4ccc(Cl)cc4)CC3=O)Nc3ncnn32)cc1. The average Bonchev–Trinajstić information content (AvgIpc) is 3.21. The molecule has 1 aliphatic carbocycles. The first-order valence-corrected chi connectivity index (χ1v) is 9.84. The van der Waals surface area contributed by atoms with Gasteiger partial charge in [0.25, 0.3) is 0 Å². The molecule has 2 aromatic carbocycles. The van der Waals surface area contributed by atoms with Crippen LogP contribution in [0.2, 0.25) is 5.02 Å². The minimum atomic E-state index is -0.298. The molecular weight excluding hydrogens is 388 g/mol. The van der Waals surface area contributed by atoms with Crippen molar-refractivity contribution in [2.45, 2.75) is 24.8 Å². The monoisotopic (exact) mass is 406 g/mol. The molecule has 2 aliphatic rings. The van der Waals surface area contributed by atoms with Crippen LogP contribution in [0.25, 0.3) is 0 Å². The molecule has 29 heavy (non-hydrogen) atoms. The van der Waals surface area contributed by atoms with E-state index in [0.717, 1.165) is 34.6 Å². The van der Waals surface area contributed by atoms with Crippen molar-refractivity contribution in [1.29, 1.82) is 0 Å². The zero-order chi connectivity index (χ0) is 20.0. The number of fused-ring (bicyclic) bond motifs is 1. The Balaban J connectivity index is 1.56. The fourth-order valence-corrected chi connectivity index (χ4v) is 4.34. The van der Waals surface area contributed by atoms with Crippen LogP contribution in [0.5, 0.6) is 5.75 Å². The Labute approximate surface area is 173 Å². The van der Waals surface area contributed by atoms with Crippen LogP contribution in [-0.4, -0.2) is 27.7 Å². The zero-order valence-electron chi connectivity index (χ0n) is 15.8. The quantitative estimate of drug-likeness (QED) is 0.700. The number of aromatic nitrogens is 3. The topological polar surface area (TPSA) is 69.0 Å². The van der Waals surface area contributed by atoms with E-state index in [9.17, 15) is 4.79 Å². The fourth-order valence-electron chi connectivity index (χ4n) is 4.22. The molecule has 1 aromatic heterocycles. The van der Waals surface area contributed by atoms with E-state index in [0.29, 0.717) is 17.4 Å². The number of carbonyl (C=O) groups excluding carboxylic acids is 1. The average molecular weight is 407 g/mol. The van der Waals surface area contributed by atoms with Gasteiger partial charge in [-0.05, 0) is 47.7 Å². The Morgan fingerprint density at radius 3 is 2.52 bits per heavy atom. The lowest BCUT2D eigenvalue weighted by Gasteiger charge is -2.35. The van der Waals surface area contributed by atoms with E-state index in [1.807, 2.05) is 48.5 Å². The van der Waals surface area contributed by atoms with Crippen molar-refractivity contribution >= 4 is 23.3 Å². The van der Waals surface area contributed by atoms with Gasteiger partial charge >= 0.3 is 0 Å². The van der Waals surface area contributed by atoms with Gasteiger partial charge in [0.15, 0.2) is 5.78 Å². The molecule has 0 amide bonds. The third-order valence-corrected chi connectivity index (χ3v) is 5.89. The van der Waals surface area contributed by atoms with Crippen LogP contribution in [0.3, 0.4) is 0 Å². The van der Waals surface area contributed by atoms with Crippen LogP contribution in [-0.2, 0) is 4.79 Å². The number of anilines is 1. The number of ketones is 1. The summed E-state index contributed by atoms with van der Waals surface area (Å²) in [4.78, 5) is 17.7. The Hall–Kier alpha value is -3.12. The number of hydrogen-bond acceptors (Lipinski definition) is 5. The largest absolute Gasteiger partial charge is 0.497 e. The minimum absolute atomic E-state index is 0.108. The van der Waals surface area contributed by atoms with Gasteiger partial charge in [-0.2, -0.15) is 10.1 Å². The Kier molecular flexibility index (Phi) is 4.36. The molecule has 2 heterocycles. The number of methoxy groups -OCH3 is 1. The molecule has 0 fully saturated rings. The first kappa shape index (κ1) is 17.9. The molecule has 2 atom stereocenters. The van der Waals surface area contributed by atoms with E-state index in [2.05, 4.69) is 15.4 Å². The summed E-state index contributed by atoms with van der Waals surface area (Å²) in [7, 11) is 1.64. The summed E-state index contributed by atoms with van der Waals surface area (Å²) in [6.07, 6.45) is 2.71. The molecular formula is C22H19ClN4O2. The molecule has 3 aromatic rings. The molecule has 0 bridgehead atoms. The maximum absolute atomic E-state index is 13.3. The van der Waals surface area contributed by atoms with E-state index in [1.165, 1.54) is 6.33 Å². The first-order valence-electron chi connectivity index (χ1n) is 9.46. The van der Waals surface area contributed by atoms with E-state index in [4.69, 9.17) is 16.3 Å². The minimum Gasteiger partial charge on any atom is -0.497 e. The molecule has 0 saturated heterocycles. The Morgan fingerprint density at radius 2 is 1.79 bits per heavy atom. The van der Waals surface area contributed by atoms with Gasteiger partial charge in [0, 0.05) is 22.7 Å². The van der Waals surface area contributed by atoms with Crippen molar-refractivity contribution in [3.63, 3.8) is 0 Å². The molecule has 7 heteroatoms. The number of nitrogens with zero attached hydrogens (tertiary/aromatic N) is 3. The zero-order valence-corrected chi connectivity index (χ0v) is 16.6. The van der Waals surface area contributed by atoms with Crippen LogP contribution in [0, 0.1) is 0 Å². The molecule has 0 radical (unpaired) electrons. The summed E-state index contributed by atoms with van der Waals surface area (Å²) in [6, 6.07) is 15.2. The van der Waals surface area contributed by atoms with Gasteiger partial charge in [-0.25, -0.2) is 4.68 Å². The number of benzene rings is 2. The number of ether oxygens (including phenoxy) is 1. The van der Waals surface area contributed by atoms with Gasteiger partial charge in [-0.3, -0.25) is 4.79 Å². The summed E-state index contributed by atoms with van der Waals surface area (Å²) in [5.74, 6) is 1.65. The number of allylic oxidation sites excluding steroid dienone is 2. The number of carbonyl (C=O) groups is 1. The molecule has 0 spiro atoms. The maximum atomic E-state index is 13.3. The van der Waals surface area contributed by atoms with Crippen molar-refractivity contribution in [2.24, 2.45) is 0 Å². The van der Waals surface area contributed by atoms with Gasteiger partial charge in [0.1, 0.15) is 18.1 Å². The highest BCUT2D eigenvalue weighted by Gasteiger charge is 2.39. The van der Waals surface area contributed by atoms with Crippen LogP contribution in [0.1, 0.15) is 35.9 Å². The third-order valence-electron chi connectivity index (χ3n) is 5.63. The number of nitrogens with one attached hydrogen (secondary N) is 1. The van der Waals surface area contributed by atoms with E-state index < -0.39 is 0 Å². The smallest absolute Gasteiger partial charge is 0.226 e. The number of rotatable bonds is 3. The van der Waals surface area contributed by atoms with Gasteiger partial charge in [0.2, 0.25) is 5.95 Å². The highest BCUT2D eigenvalue weighted by atomic mass is 35.5. The highest BCUT2D eigenvalue weighted by Crippen LogP contribution is 2.44. The van der Waals surface area contributed by atoms with Crippen molar-refractivity contribution in [3.05, 3.63) is 82.3 Å². The third kappa shape index (κ3) is 3.09. The van der Waals surface area contributed by atoms with Gasteiger partial charge < -0.3 is 10.1 Å². The molecule has 1 N–H and O–H groups in total. The van der Waals surface area contributed by atoms with Crippen LogP contribution >= 0.6 is 11.6 Å². The predicted molar refractivity (Wildman–Crippen MR) is 110 cm³/mol. The normalized spacial score (nSPS) is 20.7. The van der Waals surface area contributed by atoms with Crippen molar-refractivity contribution < 1.29 is 9.53 Å². The molecule has 6 nitrogen and oxygen atoms in total. The van der Waals surface area contributed by atoms with Crippen LogP contribution < -0.4 is 10.1 Å². The molecule has 146 valence electrons. The first-order chi connectivity index (χ1) is 14.1. The van der Waals surface area contributed by atoms with Crippen molar-refractivity contribution in [1.82, 2.24) is 14.8 Å². The number of Topliss-reactive ketones (excluding diaryl/α,β-unsaturated/α-hetero) is 1. The molecule has 1 aliphatic heterocycles. The summed E-state index contributed by atoms with van der Waals surface area (Å²) in [6.45, 7) is 0. The second kappa shape index (κ2) is 7.04. The van der Waals surface area contributed by atoms with Gasteiger partial charge in [-0.1, -0.05) is 35.9 Å². The standard InChI is InChI=1S/C22H19ClN4O2/c1-29-17-8-4-14(5-9-17)21-20-18(26-22-24-12-25-27(21)22)10-15(11-19(20)28)13-2-6-16(23)7-3-13/h2-9,12,15,21H,10-11H2,1H3,(H,24,25,26). The lowest BCUT2D eigenvalue weighted by Crippen LogP contribution is -2.33. The summed E-state index contributed by atoms with van der Waals surface area (Å²) in [5, 5.41) is 8.41. The van der Waals surface area contributed by atoms with Gasteiger partial charge in [0.05, 0.1) is 7.11 Å². The lowest BCUT2D eigenvalue weighted by atomic mass is 9.78. The Morgan fingerprint density at radius 1 is 1.07 bits per heavy atom. The van der Waals surface area contributed by atoms with E-state index >= 15 is 0 Å². The lowest BCUT2D eigenvalue weighted by molar-refractivity contribution is -0.116. The van der Waals surface area contributed by atoms with E-state index in [-0.39, 0.29) is 17.7 Å². The Bertz CT molecular complexity index is 1100. The van der Waals surface area contributed by atoms with Crippen molar-refractivity contribution in [3.8, 4) is 5.75 Å². The molecule has 5 rings (SSSR count). The van der Waals surface area contributed by atoms with Gasteiger partial charge in [-0.15, -0.1) is 0 Å². The predicted octanol–water partition coefficient (Wildman–Crippen LogP) is 4.36. The summed E-state index contributed by atoms with van der Waals surface area (Å²) < 4.78 is 7.05. The van der Waals surface area contributed by atoms with Crippen LogP contribution in [0.15, 0.2) is 66.1 Å². The van der Waals surface area contributed by atoms with E-state index in [1.54, 1.807) is 11.8 Å². The molecule has 2 unspecified atom stereocenters. The highest BCUT2D eigenvalue weighted by molar-refractivity contribution is 6.30. The second-order valence-corrected chi connectivity index (χ2v) is 7.74. The fraction of sp³-hybridized carbons (Fsp3) is 0.227. The van der Waals surface area contributed by atoms with Crippen molar-refractivity contribution in [2.75, 3.05) is 12.4 Å². The summed E-state index contributed by atoms with van der Waals surface area (Å²) in [5.41, 5.74) is 3.77. The number of halogens is 1.